The Morgan fingerprint density at radius 3 is 2.81 bits per heavy atom. The Kier molecular flexibility index (Phi) is 5.64. The molecule has 0 saturated heterocycles. The number of thiophene rings is 1. The summed E-state index contributed by atoms with van der Waals surface area (Å²) >= 11 is 4.44. The number of hydrogen-bond donors (Lipinski definition) is 1. The second-order valence-electron chi connectivity index (χ2n) is 5.77. The van der Waals surface area contributed by atoms with Crippen LogP contribution in [0.15, 0.2) is 55.0 Å². The number of aryl methyl sites for hydroxylation is 2. The molecule has 8 heteroatoms. The molecule has 26 heavy (non-hydrogen) atoms. The van der Waals surface area contributed by atoms with Gasteiger partial charge in [0.15, 0.2) is 0 Å². The highest BCUT2D eigenvalue weighted by atomic mass is 79.9. The van der Waals surface area contributed by atoms with Crippen LogP contribution in [-0.2, 0) is 16.4 Å². The standard InChI is InChI=1S/C18H17BrN2O3S2/c1-12-5-3-6-14(11-12)7-4-8-15-9-10-25-18(15)26(22,23)21-17-16(19)13(2)20-24-17/h3-7,9-11,21H,8H2,1-2H3. The summed E-state index contributed by atoms with van der Waals surface area (Å²) in [6, 6.07) is 9.94. The topological polar surface area (TPSA) is 72.2 Å². The van der Waals surface area contributed by atoms with E-state index in [0.29, 0.717) is 16.6 Å². The zero-order valence-electron chi connectivity index (χ0n) is 14.2. The number of anilines is 1. The molecule has 0 aliphatic heterocycles. The summed E-state index contributed by atoms with van der Waals surface area (Å²) in [5, 5.41) is 5.51. The van der Waals surface area contributed by atoms with E-state index in [4.69, 9.17) is 4.52 Å². The summed E-state index contributed by atoms with van der Waals surface area (Å²) in [7, 11) is -3.74. The molecule has 2 aromatic heterocycles. The molecule has 0 bridgehead atoms. The third-order valence-electron chi connectivity index (χ3n) is 3.66. The van der Waals surface area contributed by atoms with Crippen molar-refractivity contribution in [3.63, 3.8) is 0 Å². The van der Waals surface area contributed by atoms with Gasteiger partial charge in [-0.15, -0.1) is 11.3 Å². The molecule has 0 saturated carbocycles. The van der Waals surface area contributed by atoms with E-state index in [0.717, 1.165) is 11.1 Å². The van der Waals surface area contributed by atoms with Crippen molar-refractivity contribution in [2.24, 2.45) is 0 Å². The zero-order valence-corrected chi connectivity index (χ0v) is 17.4. The first-order valence-electron chi connectivity index (χ1n) is 7.81. The Morgan fingerprint density at radius 1 is 1.31 bits per heavy atom. The van der Waals surface area contributed by atoms with E-state index in [1.807, 2.05) is 43.3 Å². The summed E-state index contributed by atoms with van der Waals surface area (Å²) in [5.74, 6) is 0.0807. The summed E-state index contributed by atoms with van der Waals surface area (Å²) in [4.78, 5) is 0. The Hall–Kier alpha value is -1.90. The normalized spacial score (nSPS) is 12.0. The quantitative estimate of drug-likeness (QED) is 0.559. The van der Waals surface area contributed by atoms with Crippen LogP contribution in [0.5, 0.6) is 0 Å². The molecule has 3 rings (SSSR count). The first kappa shape index (κ1) is 18.9. The van der Waals surface area contributed by atoms with Gasteiger partial charge in [0.2, 0.25) is 0 Å². The van der Waals surface area contributed by atoms with Gasteiger partial charge in [-0.2, -0.15) is 0 Å². The second kappa shape index (κ2) is 7.77. The molecule has 2 heterocycles. The van der Waals surface area contributed by atoms with Crippen LogP contribution in [0.25, 0.3) is 6.08 Å². The molecule has 5 nitrogen and oxygen atoms in total. The number of nitrogens with zero attached hydrogens (tertiary/aromatic N) is 1. The molecule has 0 atom stereocenters. The largest absolute Gasteiger partial charge is 0.336 e. The molecule has 1 N–H and O–H groups in total. The molecule has 3 aromatic rings. The molecule has 0 spiro atoms. The fourth-order valence-electron chi connectivity index (χ4n) is 2.40. The number of rotatable bonds is 6. The molecular weight excluding hydrogens is 436 g/mol. The predicted molar refractivity (Wildman–Crippen MR) is 108 cm³/mol. The van der Waals surface area contributed by atoms with E-state index >= 15 is 0 Å². The van der Waals surface area contributed by atoms with Crippen LogP contribution in [0, 0.1) is 13.8 Å². The summed E-state index contributed by atoms with van der Waals surface area (Å²) in [5.41, 5.74) is 3.58. The van der Waals surface area contributed by atoms with Gasteiger partial charge in [-0.1, -0.05) is 47.1 Å². The lowest BCUT2D eigenvalue weighted by atomic mass is 10.1. The van der Waals surface area contributed by atoms with Crippen molar-refractivity contribution in [2.45, 2.75) is 24.5 Å². The van der Waals surface area contributed by atoms with Crippen molar-refractivity contribution < 1.29 is 12.9 Å². The number of sulfonamides is 1. The van der Waals surface area contributed by atoms with Crippen LogP contribution in [0.2, 0.25) is 0 Å². The maximum absolute atomic E-state index is 12.7. The van der Waals surface area contributed by atoms with E-state index < -0.39 is 10.0 Å². The van der Waals surface area contributed by atoms with Gasteiger partial charge in [0.25, 0.3) is 15.9 Å². The monoisotopic (exact) mass is 452 g/mol. The number of allylic oxidation sites excluding steroid dienone is 1. The van der Waals surface area contributed by atoms with E-state index in [1.54, 1.807) is 12.3 Å². The van der Waals surface area contributed by atoms with Crippen LogP contribution in [0.3, 0.4) is 0 Å². The molecule has 0 unspecified atom stereocenters. The number of benzene rings is 1. The molecule has 136 valence electrons. The fourth-order valence-corrected chi connectivity index (χ4v) is 5.20. The van der Waals surface area contributed by atoms with Crippen LogP contribution >= 0.6 is 27.3 Å². The number of hydrogen-bond acceptors (Lipinski definition) is 5. The van der Waals surface area contributed by atoms with Crippen molar-refractivity contribution in [1.29, 1.82) is 0 Å². The molecule has 0 aliphatic carbocycles. The Bertz CT molecular complexity index is 1050. The minimum atomic E-state index is -3.74. The fraction of sp³-hybridized carbons (Fsp3) is 0.167. The molecule has 0 fully saturated rings. The first-order valence-corrected chi connectivity index (χ1v) is 11.0. The minimum Gasteiger partial charge on any atom is -0.336 e. The lowest BCUT2D eigenvalue weighted by Gasteiger charge is -2.05. The number of halogens is 1. The van der Waals surface area contributed by atoms with E-state index in [9.17, 15) is 8.42 Å². The minimum absolute atomic E-state index is 0.0807. The molecular formula is C18H17BrN2O3S2. The van der Waals surface area contributed by atoms with Crippen LogP contribution in [0.4, 0.5) is 5.88 Å². The SMILES string of the molecule is Cc1cccc(C=CCc2ccsc2S(=O)(=O)Nc2onc(C)c2Br)c1. The van der Waals surface area contributed by atoms with Crippen LogP contribution in [-0.4, -0.2) is 13.6 Å². The van der Waals surface area contributed by atoms with Gasteiger partial charge in [-0.3, -0.25) is 0 Å². The van der Waals surface area contributed by atoms with E-state index in [2.05, 4.69) is 31.9 Å². The lowest BCUT2D eigenvalue weighted by Crippen LogP contribution is -2.13. The van der Waals surface area contributed by atoms with Gasteiger partial charge in [0.05, 0.1) is 5.69 Å². The van der Waals surface area contributed by atoms with Gasteiger partial charge in [0.1, 0.15) is 8.68 Å². The third-order valence-corrected chi connectivity index (χ3v) is 7.49. The number of nitrogens with one attached hydrogen (secondary N) is 1. The van der Waals surface area contributed by atoms with Gasteiger partial charge in [-0.05, 0) is 58.8 Å². The highest BCUT2D eigenvalue weighted by Gasteiger charge is 2.23. The smallest absolute Gasteiger partial charge is 0.274 e. The van der Waals surface area contributed by atoms with Crippen molar-refractivity contribution >= 4 is 49.3 Å². The molecule has 0 radical (unpaired) electrons. The van der Waals surface area contributed by atoms with Crippen LogP contribution in [0.1, 0.15) is 22.4 Å². The van der Waals surface area contributed by atoms with E-state index in [-0.39, 0.29) is 10.1 Å². The predicted octanol–water partition coefficient (Wildman–Crippen LogP) is 5.17. The zero-order chi connectivity index (χ0) is 18.7. The molecule has 0 aliphatic rings. The van der Waals surface area contributed by atoms with Crippen molar-refractivity contribution in [1.82, 2.24) is 5.16 Å². The average molecular weight is 453 g/mol. The molecule has 1 aromatic carbocycles. The van der Waals surface area contributed by atoms with Crippen LogP contribution < -0.4 is 4.72 Å². The highest BCUT2D eigenvalue weighted by molar-refractivity contribution is 9.10. The summed E-state index contributed by atoms with van der Waals surface area (Å²) < 4.78 is 33.6. The van der Waals surface area contributed by atoms with Gasteiger partial charge in [-0.25, -0.2) is 13.1 Å². The number of aromatic nitrogens is 1. The Labute approximate surface area is 164 Å². The lowest BCUT2D eigenvalue weighted by molar-refractivity contribution is 0.430. The summed E-state index contributed by atoms with van der Waals surface area (Å²) in [6.45, 7) is 3.76. The summed E-state index contributed by atoms with van der Waals surface area (Å²) in [6.07, 6.45) is 4.47. The second-order valence-corrected chi connectivity index (χ2v) is 9.36. The first-order chi connectivity index (χ1) is 12.4. The highest BCUT2D eigenvalue weighted by Crippen LogP contribution is 2.30. The van der Waals surface area contributed by atoms with Gasteiger partial charge >= 0.3 is 0 Å². The van der Waals surface area contributed by atoms with Crippen molar-refractivity contribution in [3.8, 4) is 0 Å². The Morgan fingerprint density at radius 2 is 2.12 bits per heavy atom. The maximum Gasteiger partial charge on any atom is 0.274 e. The van der Waals surface area contributed by atoms with Gasteiger partial charge in [0, 0.05) is 0 Å². The third kappa shape index (κ3) is 4.25. The van der Waals surface area contributed by atoms with Gasteiger partial charge < -0.3 is 4.52 Å². The molecule has 0 amide bonds. The van der Waals surface area contributed by atoms with Crippen molar-refractivity contribution in [3.05, 3.63) is 68.6 Å². The maximum atomic E-state index is 12.7. The Balaban J connectivity index is 1.78. The van der Waals surface area contributed by atoms with E-state index in [1.165, 1.54) is 16.9 Å². The van der Waals surface area contributed by atoms with Crippen molar-refractivity contribution in [2.75, 3.05) is 4.72 Å². The average Bonchev–Trinajstić information content (AvgIpc) is 3.18.